The summed E-state index contributed by atoms with van der Waals surface area (Å²) in [6, 6.07) is 10.2. The van der Waals surface area contributed by atoms with Gasteiger partial charge in [-0.25, -0.2) is 5.01 Å². The van der Waals surface area contributed by atoms with E-state index in [0.29, 0.717) is 30.2 Å². The number of ether oxygens (including phenoxy) is 3. The summed E-state index contributed by atoms with van der Waals surface area (Å²) >= 11 is 0. The average molecular weight is 394 g/mol. The molecule has 148 valence electrons. The van der Waals surface area contributed by atoms with E-state index in [9.17, 15) is 18.0 Å². The van der Waals surface area contributed by atoms with Gasteiger partial charge < -0.3 is 14.2 Å². The van der Waals surface area contributed by atoms with Crippen molar-refractivity contribution < 1.29 is 32.2 Å². The molecule has 2 aromatic carbocycles. The number of hydrogen-bond acceptors (Lipinski definition) is 5. The molecule has 0 atom stereocenters. The van der Waals surface area contributed by atoms with Crippen LogP contribution in [0, 0.1) is 0 Å². The Bertz CT molecular complexity index is 912. The van der Waals surface area contributed by atoms with Crippen LogP contribution in [-0.4, -0.2) is 43.8 Å². The minimum absolute atomic E-state index is 0.0547. The lowest BCUT2D eigenvalue weighted by molar-refractivity contribution is -0.274. The first-order chi connectivity index (χ1) is 13.3. The number of nitrogens with zero attached hydrogens (tertiary/aromatic N) is 2. The minimum atomic E-state index is -4.83. The smallest absolute Gasteiger partial charge is 0.493 e. The standard InChI is InChI=1S/C19H17F3N2O4/c1-26-16-7-6-12(11-17(16)27-2)15-8-9-24(23-15)18(25)13-4-3-5-14(10-13)28-19(20,21)22/h3-7,10-11H,8-9H2,1-2H3. The van der Waals surface area contributed by atoms with Crippen LogP contribution in [0.5, 0.6) is 17.2 Å². The van der Waals surface area contributed by atoms with Gasteiger partial charge in [0.05, 0.1) is 26.5 Å². The minimum Gasteiger partial charge on any atom is -0.493 e. The Morgan fingerprint density at radius 2 is 1.82 bits per heavy atom. The van der Waals surface area contributed by atoms with Gasteiger partial charge in [-0.15, -0.1) is 13.2 Å². The van der Waals surface area contributed by atoms with Crippen molar-refractivity contribution in [2.24, 2.45) is 5.10 Å². The van der Waals surface area contributed by atoms with Crippen LogP contribution in [0.3, 0.4) is 0 Å². The molecule has 0 fully saturated rings. The SMILES string of the molecule is COc1ccc(C2=NN(C(=O)c3cccc(OC(F)(F)F)c3)CC2)cc1OC. The lowest BCUT2D eigenvalue weighted by atomic mass is 10.1. The Hall–Kier alpha value is -3.23. The molecule has 0 N–H and O–H groups in total. The average Bonchev–Trinajstić information content (AvgIpc) is 3.15. The number of amides is 1. The highest BCUT2D eigenvalue weighted by atomic mass is 19.4. The maximum Gasteiger partial charge on any atom is 0.573 e. The number of halogens is 3. The Morgan fingerprint density at radius 1 is 1.07 bits per heavy atom. The number of alkyl halides is 3. The summed E-state index contributed by atoms with van der Waals surface area (Å²) in [7, 11) is 3.05. The summed E-state index contributed by atoms with van der Waals surface area (Å²) in [5.41, 5.74) is 1.48. The summed E-state index contributed by atoms with van der Waals surface area (Å²) in [6.45, 7) is 0.312. The highest BCUT2D eigenvalue weighted by molar-refractivity contribution is 6.04. The molecule has 0 saturated carbocycles. The van der Waals surface area contributed by atoms with Gasteiger partial charge in [0.15, 0.2) is 11.5 Å². The Labute approximate surface area is 159 Å². The zero-order chi connectivity index (χ0) is 20.3. The van der Waals surface area contributed by atoms with Gasteiger partial charge >= 0.3 is 6.36 Å². The van der Waals surface area contributed by atoms with Gasteiger partial charge in [-0.3, -0.25) is 4.79 Å². The Kier molecular flexibility index (Phi) is 5.43. The van der Waals surface area contributed by atoms with Crippen LogP contribution < -0.4 is 14.2 Å². The Morgan fingerprint density at radius 3 is 2.50 bits per heavy atom. The first-order valence-corrected chi connectivity index (χ1v) is 8.28. The normalized spacial score (nSPS) is 13.9. The third-order valence-corrected chi connectivity index (χ3v) is 4.07. The second-order valence-corrected chi connectivity index (χ2v) is 5.87. The van der Waals surface area contributed by atoms with Crippen LogP contribution in [0.25, 0.3) is 0 Å². The molecular weight excluding hydrogens is 377 g/mol. The number of hydrogen-bond donors (Lipinski definition) is 0. The first-order valence-electron chi connectivity index (χ1n) is 8.28. The molecule has 1 aliphatic rings. The Balaban J connectivity index is 1.80. The number of rotatable bonds is 5. The van der Waals surface area contributed by atoms with Crippen LogP contribution in [0.15, 0.2) is 47.6 Å². The van der Waals surface area contributed by atoms with E-state index in [0.717, 1.165) is 17.7 Å². The molecule has 0 bridgehead atoms. The molecule has 6 nitrogen and oxygen atoms in total. The third-order valence-electron chi connectivity index (χ3n) is 4.07. The number of benzene rings is 2. The monoisotopic (exact) mass is 394 g/mol. The van der Waals surface area contributed by atoms with Gasteiger partial charge in [-0.1, -0.05) is 6.07 Å². The van der Waals surface area contributed by atoms with Gasteiger partial charge in [-0.05, 0) is 36.4 Å². The predicted molar refractivity (Wildman–Crippen MR) is 94.9 cm³/mol. The first kappa shape index (κ1) is 19.5. The topological polar surface area (TPSA) is 60.4 Å². The second-order valence-electron chi connectivity index (χ2n) is 5.87. The van der Waals surface area contributed by atoms with Crippen molar-refractivity contribution in [1.29, 1.82) is 0 Å². The van der Waals surface area contributed by atoms with Crippen molar-refractivity contribution in [2.45, 2.75) is 12.8 Å². The summed E-state index contributed by atoms with van der Waals surface area (Å²) in [5, 5.41) is 5.53. The van der Waals surface area contributed by atoms with E-state index in [1.54, 1.807) is 18.2 Å². The van der Waals surface area contributed by atoms with E-state index in [4.69, 9.17) is 9.47 Å². The summed E-state index contributed by atoms with van der Waals surface area (Å²) in [6.07, 6.45) is -4.33. The molecule has 0 saturated heterocycles. The fourth-order valence-corrected chi connectivity index (χ4v) is 2.80. The predicted octanol–water partition coefficient (Wildman–Crippen LogP) is 3.85. The van der Waals surface area contributed by atoms with Crippen LogP contribution in [-0.2, 0) is 0 Å². The lowest BCUT2D eigenvalue weighted by Gasteiger charge is -2.13. The van der Waals surface area contributed by atoms with Crippen molar-refractivity contribution in [3.63, 3.8) is 0 Å². The van der Waals surface area contributed by atoms with Gasteiger partial charge in [0.2, 0.25) is 0 Å². The molecular formula is C19H17F3N2O4. The molecule has 0 aromatic heterocycles. The number of carbonyl (C=O) groups is 1. The van der Waals surface area contributed by atoms with Crippen molar-refractivity contribution in [1.82, 2.24) is 5.01 Å². The molecule has 0 spiro atoms. The highest BCUT2D eigenvalue weighted by Gasteiger charge is 2.31. The zero-order valence-corrected chi connectivity index (χ0v) is 15.1. The lowest BCUT2D eigenvalue weighted by Crippen LogP contribution is -2.23. The largest absolute Gasteiger partial charge is 0.573 e. The van der Waals surface area contributed by atoms with Gasteiger partial charge in [0.25, 0.3) is 5.91 Å². The molecule has 0 unspecified atom stereocenters. The fourth-order valence-electron chi connectivity index (χ4n) is 2.80. The molecule has 0 aliphatic carbocycles. The summed E-state index contributed by atoms with van der Waals surface area (Å²) < 4.78 is 51.4. The van der Waals surface area contributed by atoms with E-state index < -0.39 is 18.0 Å². The van der Waals surface area contributed by atoms with Gasteiger partial charge in [0, 0.05) is 17.5 Å². The van der Waals surface area contributed by atoms with E-state index in [2.05, 4.69) is 9.84 Å². The molecule has 1 amide bonds. The van der Waals surface area contributed by atoms with Crippen molar-refractivity contribution in [3.05, 3.63) is 53.6 Å². The van der Waals surface area contributed by atoms with E-state index in [-0.39, 0.29) is 5.56 Å². The van der Waals surface area contributed by atoms with E-state index in [1.807, 2.05) is 0 Å². The molecule has 9 heteroatoms. The van der Waals surface area contributed by atoms with Crippen LogP contribution in [0.2, 0.25) is 0 Å². The summed E-state index contributed by atoms with van der Waals surface area (Å²) in [5.74, 6) is 0.133. The molecule has 1 heterocycles. The van der Waals surface area contributed by atoms with Crippen LogP contribution >= 0.6 is 0 Å². The number of carbonyl (C=O) groups excluding carboxylic acids is 1. The highest BCUT2D eigenvalue weighted by Crippen LogP contribution is 2.29. The second kappa shape index (κ2) is 7.79. The molecule has 1 aliphatic heterocycles. The molecule has 0 radical (unpaired) electrons. The van der Waals surface area contributed by atoms with Crippen molar-refractivity contribution >= 4 is 11.6 Å². The van der Waals surface area contributed by atoms with Gasteiger partial charge in [-0.2, -0.15) is 5.10 Å². The van der Waals surface area contributed by atoms with Crippen molar-refractivity contribution in [2.75, 3.05) is 20.8 Å². The van der Waals surface area contributed by atoms with Crippen LogP contribution in [0.1, 0.15) is 22.3 Å². The summed E-state index contributed by atoms with van der Waals surface area (Å²) in [4.78, 5) is 12.6. The van der Waals surface area contributed by atoms with E-state index in [1.165, 1.54) is 31.4 Å². The van der Waals surface area contributed by atoms with Gasteiger partial charge in [0.1, 0.15) is 5.75 Å². The molecule has 3 rings (SSSR count). The van der Waals surface area contributed by atoms with Crippen molar-refractivity contribution in [3.8, 4) is 17.2 Å². The van der Waals surface area contributed by atoms with E-state index >= 15 is 0 Å². The maximum atomic E-state index is 12.6. The maximum absolute atomic E-state index is 12.6. The third kappa shape index (κ3) is 4.36. The van der Waals surface area contributed by atoms with Crippen LogP contribution in [0.4, 0.5) is 13.2 Å². The molecule has 2 aromatic rings. The quantitative estimate of drug-likeness (QED) is 0.773. The number of hydrazone groups is 1. The number of methoxy groups -OCH3 is 2. The fraction of sp³-hybridized carbons (Fsp3) is 0.263. The molecule has 28 heavy (non-hydrogen) atoms. The zero-order valence-electron chi connectivity index (χ0n) is 15.1.